The number of hydrogen-bond donors (Lipinski definition) is 6. The molecule has 58 heavy (non-hydrogen) atoms. The van der Waals surface area contributed by atoms with Crippen LogP contribution < -0.4 is 0 Å². The molecule has 6 N–H and O–H groups in total. The van der Waals surface area contributed by atoms with Crippen LogP contribution in [0.15, 0.2) is 12.2 Å². The number of phosphoric ester groups is 1. The Bertz CT molecular complexity index is 1080. The van der Waals surface area contributed by atoms with E-state index in [-0.39, 0.29) is 12.8 Å². The number of unbranched alkanes of at least 4 members (excludes halogenated alkanes) is 24. The summed E-state index contributed by atoms with van der Waals surface area (Å²) in [6, 6.07) is 0. The van der Waals surface area contributed by atoms with Gasteiger partial charge in [-0.3, -0.25) is 18.6 Å². The molecule has 8 atom stereocenters. The highest BCUT2D eigenvalue weighted by Gasteiger charge is 2.51. The number of aliphatic hydroxyl groups is 5. The van der Waals surface area contributed by atoms with Crippen LogP contribution in [-0.2, 0) is 32.7 Å². The number of rotatable bonds is 38. The molecule has 342 valence electrons. The number of ether oxygens (including phenoxy) is 2. The van der Waals surface area contributed by atoms with Gasteiger partial charge in [-0.05, 0) is 38.5 Å². The lowest BCUT2D eigenvalue weighted by Gasteiger charge is -2.41. The Morgan fingerprint density at radius 2 is 0.879 bits per heavy atom. The average Bonchev–Trinajstić information content (AvgIpc) is 3.20. The quantitative estimate of drug-likeness (QED) is 0.0149. The molecule has 0 bridgehead atoms. The highest BCUT2D eigenvalue weighted by molar-refractivity contribution is 7.47. The molecule has 1 aliphatic rings. The van der Waals surface area contributed by atoms with Gasteiger partial charge in [-0.2, -0.15) is 0 Å². The van der Waals surface area contributed by atoms with Gasteiger partial charge in [-0.15, -0.1) is 0 Å². The van der Waals surface area contributed by atoms with Gasteiger partial charge in [-0.25, -0.2) is 4.57 Å². The fourth-order valence-corrected chi connectivity index (χ4v) is 8.08. The average molecular weight is 851 g/mol. The smallest absolute Gasteiger partial charge is 0.462 e. The summed E-state index contributed by atoms with van der Waals surface area (Å²) in [4.78, 5) is 35.6. The molecule has 0 aromatic carbocycles. The molecule has 1 rings (SSSR count). The molecule has 1 fully saturated rings. The molecular formula is C44H83O13P. The Morgan fingerprint density at radius 3 is 1.31 bits per heavy atom. The molecule has 0 aliphatic heterocycles. The summed E-state index contributed by atoms with van der Waals surface area (Å²) in [7, 11) is -5.11. The highest BCUT2D eigenvalue weighted by Crippen LogP contribution is 2.47. The van der Waals surface area contributed by atoms with E-state index >= 15 is 0 Å². The number of esters is 2. The second kappa shape index (κ2) is 35.2. The summed E-state index contributed by atoms with van der Waals surface area (Å²) in [5.41, 5.74) is 0. The lowest BCUT2D eigenvalue weighted by molar-refractivity contribution is -0.220. The van der Waals surface area contributed by atoms with Crippen LogP contribution in [0.3, 0.4) is 0 Å². The van der Waals surface area contributed by atoms with Gasteiger partial charge in [-0.1, -0.05) is 161 Å². The topological polar surface area (TPSA) is 210 Å². The van der Waals surface area contributed by atoms with Crippen molar-refractivity contribution < 1.29 is 63.1 Å². The van der Waals surface area contributed by atoms with E-state index in [2.05, 4.69) is 26.0 Å². The van der Waals surface area contributed by atoms with E-state index in [1.807, 2.05) is 0 Å². The fourth-order valence-electron chi connectivity index (χ4n) is 7.11. The second-order valence-electron chi connectivity index (χ2n) is 16.3. The van der Waals surface area contributed by atoms with Gasteiger partial charge in [0.1, 0.15) is 43.2 Å². The Labute approximate surface area is 350 Å². The van der Waals surface area contributed by atoms with Crippen molar-refractivity contribution in [3.63, 3.8) is 0 Å². The first-order chi connectivity index (χ1) is 27.9. The van der Waals surface area contributed by atoms with Gasteiger partial charge < -0.3 is 39.9 Å². The van der Waals surface area contributed by atoms with Crippen molar-refractivity contribution in [3.8, 4) is 0 Å². The number of carbonyl (C=O) groups excluding carboxylic acids is 2. The largest absolute Gasteiger partial charge is 0.472 e. The number of carbonyl (C=O) groups is 2. The molecule has 1 aliphatic carbocycles. The Kier molecular flexibility index (Phi) is 33.2. The molecule has 0 aromatic rings. The van der Waals surface area contributed by atoms with Crippen molar-refractivity contribution in [2.75, 3.05) is 13.2 Å². The molecule has 0 amide bonds. The first-order valence-corrected chi connectivity index (χ1v) is 24.5. The van der Waals surface area contributed by atoms with Gasteiger partial charge in [0.05, 0.1) is 6.61 Å². The maximum absolute atomic E-state index is 12.8. The summed E-state index contributed by atoms with van der Waals surface area (Å²) in [5.74, 6) is -1.10. The van der Waals surface area contributed by atoms with E-state index in [0.29, 0.717) is 12.8 Å². The fraction of sp³-hybridized carbons (Fsp3) is 0.909. The molecule has 13 nitrogen and oxygen atoms in total. The first kappa shape index (κ1) is 54.6. The third kappa shape index (κ3) is 27.4. The maximum Gasteiger partial charge on any atom is 0.472 e. The lowest BCUT2D eigenvalue weighted by atomic mass is 9.85. The van der Waals surface area contributed by atoms with Crippen molar-refractivity contribution in [2.24, 2.45) is 0 Å². The van der Waals surface area contributed by atoms with Crippen LogP contribution in [0.1, 0.15) is 200 Å². The Hall–Kier alpha value is -1.41. The Balaban J connectivity index is 2.46. The molecule has 0 spiro atoms. The van der Waals surface area contributed by atoms with Crippen LogP contribution in [0, 0.1) is 0 Å². The Morgan fingerprint density at radius 1 is 0.517 bits per heavy atom. The lowest BCUT2D eigenvalue weighted by Crippen LogP contribution is -2.64. The molecule has 0 heterocycles. The number of allylic oxidation sites excluding steroid dienone is 2. The SMILES string of the molecule is CCCCCCCCC/C=C\CCCCCCCC(=O)O[C@H](COC(=O)CCCCCCCCCCCCCCC)COP(=O)(O)OC1C(O)C(O)C(O)[C@@H](O)C1O. The summed E-state index contributed by atoms with van der Waals surface area (Å²) >= 11 is 0. The van der Waals surface area contributed by atoms with E-state index in [0.717, 1.165) is 57.8 Å². The van der Waals surface area contributed by atoms with Crippen LogP contribution in [0.25, 0.3) is 0 Å². The van der Waals surface area contributed by atoms with Gasteiger partial charge in [0.2, 0.25) is 0 Å². The predicted octanol–water partition coefficient (Wildman–Crippen LogP) is 8.67. The van der Waals surface area contributed by atoms with Crippen molar-refractivity contribution in [1.82, 2.24) is 0 Å². The van der Waals surface area contributed by atoms with Gasteiger partial charge >= 0.3 is 19.8 Å². The molecule has 0 saturated heterocycles. The molecule has 1 saturated carbocycles. The third-order valence-corrected chi connectivity index (χ3v) is 11.8. The minimum Gasteiger partial charge on any atom is -0.462 e. The van der Waals surface area contributed by atoms with Crippen molar-refractivity contribution in [2.45, 2.75) is 243 Å². The molecule has 14 heteroatoms. The molecular weight excluding hydrogens is 767 g/mol. The van der Waals surface area contributed by atoms with Crippen LogP contribution in [0.2, 0.25) is 0 Å². The number of phosphoric acid groups is 1. The second-order valence-corrected chi connectivity index (χ2v) is 17.7. The van der Waals surface area contributed by atoms with Crippen molar-refractivity contribution >= 4 is 19.8 Å². The monoisotopic (exact) mass is 851 g/mol. The van der Waals surface area contributed by atoms with Crippen LogP contribution in [0.4, 0.5) is 0 Å². The summed E-state index contributed by atoms with van der Waals surface area (Å²) in [6.45, 7) is 3.29. The summed E-state index contributed by atoms with van der Waals surface area (Å²) in [6.07, 6.45) is 22.7. The van der Waals surface area contributed by atoms with Crippen LogP contribution >= 0.6 is 7.82 Å². The molecule has 0 radical (unpaired) electrons. The molecule has 0 aromatic heterocycles. The highest BCUT2D eigenvalue weighted by atomic mass is 31.2. The summed E-state index contributed by atoms with van der Waals surface area (Å²) < 4.78 is 33.5. The van der Waals surface area contributed by atoms with E-state index in [4.69, 9.17) is 18.5 Å². The zero-order chi connectivity index (χ0) is 42.9. The van der Waals surface area contributed by atoms with Crippen molar-refractivity contribution in [3.05, 3.63) is 12.2 Å². The normalized spacial score (nSPS) is 22.6. The van der Waals surface area contributed by atoms with E-state index < -0.39 is 75.7 Å². The van der Waals surface area contributed by atoms with Gasteiger partial charge in [0, 0.05) is 12.8 Å². The third-order valence-electron chi connectivity index (χ3n) is 10.9. The maximum atomic E-state index is 12.8. The van der Waals surface area contributed by atoms with Gasteiger partial charge in [0.15, 0.2) is 6.10 Å². The van der Waals surface area contributed by atoms with E-state index in [9.17, 15) is 44.6 Å². The number of aliphatic hydroxyl groups excluding tert-OH is 5. The number of hydrogen-bond acceptors (Lipinski definition) is 12. The standard InChI is InChI=1S/C44H83O13P/c1-3-5-7-9-11-13-15-17-18-19-21-23-25-27-29-31-33-38(46)56-36(35-55-58(52,53)57-44-42(50)40(48)39(47)41(49)43(44)51)34-54-37(45)32-30-28-26-24-22-20-16-14-12-10-8-6-4-2/h18-19,36,39-44,47-51H,3-17,20-35H2,1-2H3,(H,52,53)/b19-18-/t36-,39?,40-,41?,42?,43?,44?/m1/s1. The van der Waals surface area contributed by atoms with Gasteiger partial charge in [0.25, 0.3) is 0 Å². The van der Waals surface area contributed by atoms with E-state index in [1.165, 1.54) is 103 Å². The minimum absolute atomic E-state index is 0.0909. The van der Waals surface area contributed by atoms with Crippen LogP contribution in [0.5, 0.6) is 0 Å². The summed E-state index contributed by atoms with van der Waals surface area (Å²) in [5, 5.41) is 50.1. The van der Waals surface area contributed by atoms with Crippen molar-refractivity contribution in [1.29, 1.82) is 0 Å². The molecule has 6 unspecified atom stereocenters. The first-order valence-electron chi connectivity index (χ1n) is 23.0. The zero-order valence-corrected chi connectivity index (χ0v) is 37.0. The predicted molar refractivity (Wildman–Crippen MR) is 226 cm³/mol. The zero-order valence-electron chi connectivity index (χ0n) is 36.1. The minimum atomic E-state index is -5.11. The van der Waals surface area contributed by atoms with E-state index in [1.54, 1.807) is 0 Å². The van der Waals surface area contributed by atoms with Crippen LogP contribution in [-0.4, -0.2) is 98.3 Å².